The topological polar surface area (TPSA) is 52.6 Å². The molecular weight excluding hydrogens is 204 g/mol. The van der Waals surface area contributed by atoms with Crippen LogP contribution in [0.5, 0.6) is 0 Å². The SMILES string of the molecule is CC1CCCN(C(=O)NC(C)(C)CCO)C1. The molecule has 0 spiro atoms. The number of hydrogen-bond acceptors (Lipinski definition) is 2. The molecule has 1 rings (SSSR count). The maximum Gasteiger partial charge on any atom is 0.317 e. The zero-order chi connectivity index (χ0) is 12.2. The highest BCUT2D eigenvalue weighted by Gasteiger charge is 2.25. The van der Waals surface area contributed by atoms with Gasteiger partial charge in [-0.1, -0.05) is 6.92 Å². The minimum Gasteiger partial charge on any atom is -0.396 e. The van der Waals surface area contributed by atoms with Gasteiger partial charge in [-0.15, -0.1) is 0 Å². The maximum atomic E-state index is 12.0. The number of rotatable bonds is 3. The summed E-state index contributed by atoms with van der Waals surface area (Å²) in [6, 6.07) is 0.00463. The molecule has 1 aliphatic rings. The molecule has 1 fully saturated rings. The fraction of sp³-hybridized carbons (Fsp3) is 0.917. The van der Waals surface area contributed by atoms with Gasteiger partial charge >= 0.3 is 6.03 Å². The Hall–Kier alpha value is -0.770. The summed E-state index contributed by atoms with van der Waals surface area (Å²) < 4.78 is 0. The van der Waals surface area contributed by atoms with Crippen molar-refractivity contribution in [2.45, 2.75) is 45.6 Å². The zero-order valence-electron chi connectivity index (χ0n) is 10.6. The van der Waals surface area contributed by atoms with Crippen molar-refractivity contribution in [2.24, 2.45) is 5.92 Å². The molecule has 0 aliphatic carbocycles. The van der Waals surface area contributed by atoms with Gasteiger partial charge in [-0.2, -0.15) is 0 Å². The van der Waals surface area contributed by atoms with Gasteiger partial charge in [0.1, 0.15) is 0 Å². The van der Waals surface area contributed by atoms with Crippen LogP contribution in [0.2, 0.25) is 0 Å². The number of carbonyl (C=O) groups is 1. The van der Waals surface area contributed by atoms with Crippen molar-refractivity contribution in [3.05, 3.63) is 0 Å². The van der Waals surface area contributed by atoms with Crippen molar-refractivity contribution in [1.82, 2.24) is 10.2 Å². The first kappa shape index (κ1) is 13.3. The molecule has 1 unspecified atom stereocenters. The van der Waals surface area contributed by atoms with Crippen LogP contribution in [0.1, 0.15) is 40.0 Å². The largest absolute Gasteiger partial charge is 0.396 e. The van der Waals surface area contributed by atoms with Crippen LogP contribution < -0.4 is 5.32 Å². The maximum absolute atomic E-state index is 12.0. The Balaban J connectivity index is 2.45. The van der Waals surface area contributed by atoms with E-state index in [2.05, 4.69) is 12.2 Å². The van der Waals surface area contributed by atoms with Gasteiger partial charge in [-0.05, 0) is 39.0 Å². The lowest BCUT2D eigenvalue weighted by Crippen LogP contribution is -2.52. The Bertz CT molecular complexity index is 241. The average Bonchev–Trinajstić information content (AvgIpc) is 2.16. The Morgan fingerprint density at radius 2 is 2.25 bits per heavy atom. The molecule has 94 valence electrons. The van der Waals surface area contributed by atoms with E-state index in [-0.39, 0.29) is 18.2 Å². The van der Waals surface area contributed by atoms with Gasteiger partial charge < -0.3 is 15.3 Å². The van der Waals surface area contributed by atoms with Crippen molar-refractivity contribution in [1.29, 1.82) is 0 Å². The first-order valence-electron chi connectivity index (χ1n) is 6.12. The number of amides is 2. The zero-order valence-corrected chi connectivity index (χ0v) is 10.6. The third kappa shape index (κ3) is 4.00. The first-order chi connectivity index (χ1) is 7.44. The number of nitrogens with zero attached hydrogens (tertiary/aromatic N) is 1. The highest BCUT2D eigenvalue weighted by atomic mass is 16.3. The van der Waals surface area contributed by atoms with Crippen LogP contribution in [0.3, 0.4) is 0 Å². The lowest BCUT2D eigenvalue weighted by molar-refractivity contribution is 0.154. The van der Waals surface area contributed by atoms with E-state index < -0.39 is 0 Å². The number of aliphatic hydroxyl groups is 1. The summed E-state index contributed by atoms with van der Waals surface area (Å²) in [5.74, 6) is 0.598. The number of hydrogen-bond donors (Lipinski definition) is 2. The molecule has 16 heavy (non-hydrogen) atoms. The molecule has 2 amide bonds. The number of carbonyl (C=O) groups excluding carboxylic acids is 1. The molecule has 1 aliphatic heterocycles. The minimum absolute atomic E-state index is 0.00463. The fourth-order valence-corrected chi connectivity index (χ4v) is 2.08. The second-order valence-electron chi connectivity index (χ2n) is 5.48. The molecule has 0 aromatic carbocycles. The molecule has 0 bridgehead atoms. The molecule has 0 saturated carbocycles. The third-order valence-electron chi connectivity index (χ3n) is 3.13. The van der Waals surface area contributed by atoms with E-state index in [0.29, 0.717) is 12.3 Å². The van der Waals surface area contributed by atoms with Gasteiger partial charge in [0.25, 0.3) is 0 Å². The summed E-state index contributed by atoms with van der Waals surface area (Å²) in [5.41, 5.74) is -0.327. The highest BCUT2D eigenvalue weighted by molar-refractivity contribution is 5.75. The van der Waals surface area contributed by atoms with Crippen LogP contribution >= 0.6 is 0 Å². The van der Waals surface area contributed by atoms with Gasteiger partial charge in [0.05, 0.1) is 0 Å². The van der Waals surface area contributed by atoms with Crippen molar-refractivity contribution in [2.75, 3.05) is 19.7 Å². The van der Waals surface area contributed by atoms with Crippen LogP contribution in [-0.4, -0.2) is 41.3 Å². The van der Waals surface area contributed by atoms with E-state index in [9.17, 15) is 4.79 Å². The van der Waals surface area contributed by atoms with Crippen molar-refractivity contribution >= 4 is 6.03 Å². The molecule has 1 atom stereocenters. The number of piperidine rings is 1. The number of likely N-dealkylation sites (tertiary alicyclic amines) is 1. The standard InChI is InChI=1S/C12H24N2O2/c1-10-5-4-7-14(9-10)11(16)13-12(2,3)6-8-15/h10,15H,4-9H2,1-3H3,(H,13,16). The summed E-state index contributed by atoms with van der Waals surface area (Å²) in [4.78, 5) is 13.8. The Kier molecular flexibility index (Phi) is 4.59. The highest BCUT2D eigenvalue weighted by Crippen LogP contribution is 2.16. The number of aliphatic hydroxyl groups excluding tert-OH is 1. The van der Waals surface area contributed by atoms with Crippen molar-refractivity contribution < 1.29 is 9.90 Å². The quantitative estimate of drug-likeness (QED) is 0.770. The van der Waals surface area contributed by atoms with Gasteiger partial charge in [0, 0.05) is 25.2 Å². The van der Waals surface area contributed by atoms with E-state index in [1.54, 1.807) is 0 Å². The Morgan fingerprint density at radius 1 is 1.56 bits per heavy atom. The van der Waals surface area contributed by atoms with Crippen LogP contribution in [0.4, 0.5) is 4.79 Å². The molecule has 0 aromatic heterocycles. The summed E-state index contributed by atoms with van der Waals surface area (Å²) >= 11 is 0. The molecule has 1 heterocycles. The molecule has 2 N–H and O–H groups in total. The van der Waals surface area contributed by atoms with Crippen LogP contribution in [-0.2, 0) is 0 Å². The van der Waals surface area contributed by atoms with Gasteiger partial charge in [0.15, 0.2) is 0 Å². The first-order valence-corrected chi connectivity index (χ1v) is 6.12. The molecular formula is C12H24N2O2. The normalized spacial score (nSPS) is 22.0. The van der Waals surface area contributed by atoms with Crippen LogP contribution in [0.15, 0.2) is 0 Å². The van der Waals surface area contributed by atoms with Gasteiger partial charge in [-0.25, -0.2) is 4.79 Å². The van der Waals surface area contributed by atoms with E-state index in [1.165, 1.54) is 6.42 Å². The second-order valence-corrected chi connectivity index (χ2v) is 5.48. The smallest absolute Gasteiger partial charge is 0.317 e. The average molecular weight is 228 g/mol. The Labute approximate surface area is 98.0 Å². The molecule has 0 radical (unpaired) electrons. The molecule has 4 heteroatoms. The van der Waals surface area contributed by atoms with Gasteiger partial charge in [0.2, 0.25) is 0 Å². The molecule has 4 nitrogen and oxygen atoms in total. The molecule has 0 aromatic rings. The third-order valence-corrected chi connectivity index (χ3v) is 3.13. The summed E-state index contributed by atoms with van der Waals surface area (Å²) in [5, 5.41) is 11.9. The van der Waals surface area contributed by atoms with E-state index in [4.69, 9.17) is 5.11 Å². The van der Waals surface area contributed by atoms with Crippen LogP contribution in [0, 0.1) is 5.92 Å². The van der Waals surface area contributed by atoms with Crippen LogP contribution in [0.25, 0.3) is 0 Å². The lowest BCUT2D eigenvalue weighted by atomic mass is 9.99. The van der Waals surface area contributed by atoms with Crippen molar-refractivity contribution in [3.8, 4) is 0 Å². The predicted octanol–water partition coefficient (Wildman–Crippen LogP) is 1.59. The summed E-state index contributed by atoms with van der Waals surface area (Å²) in [7, 11) is 0. The second kappa shape index (κ2) is 5.53. The number of nitrogens with one attached hydrogen (secondary N) is 1. The van der Waals surface area contributed by atoms with Crippen molar-refractivity contribution in [3.63, 3.8) is 0 Å². The van der Waals surface area contributed by atoms with E-state index in [1.807, 2.05) is 18.7 Å². The minimum atomic E-state index is -0.327. The lowest BCUT2D eigenvalue weighted by Gasteiger charge is -2.34. The summed E-state index contributed by atoms with van der Waals surface area (Å²) in [6.07, 6.45) is 2.89. The fourth-order valence-electron chi connectivity index (χ4n) is 2.08. The monoisotopic (exact) mass is 228 g/mol. The Morgan fingerprint density at radius 3 is 2.81 bits per heavy atom. The molecule has 1 saturated heterocycles. The predicted molar refractivity (Wildman–Crippen MR) is 64.3 cm³/mol. The van der Waals surface area contributed by atoms with E-state index in [0.717, 1.165) is 19.5 Å². The van der Waals surface area contributed by atoms with E-state index >= 15 is 0 Å². The van der Waals surface area contributed by atoms with Gasteiger partial charge in [-0.3, -0.25) is 0 Å². The summed E-state index contributed by atoms with van der Waals surface area (Å²) in [6.45, 7) is 7.86. The number of urea groups is 1.